The molecule has 0 aliphatic carbocycles. The van der Waals surface area contributed by atoms with Gasteiger partial charge in [0.25, 0.3) is 0 Å². The minimum absolute atomic E-state index is 0.00293. The first-order valence-electron chi connectivity index (χ1n) is 9.03. The van der Waals surface area contributed by atoms with Gasteiger partial charge in [0.05, 0.1) is 0 Å². The normalized spacial score (nSPS) is 20.3. The summed E-state index contributed by atoms with van der Waals surface area (Å²) >= 11 is 0. The molecule has 0 saturated carbocycles. The third-order valence-electron chi connectivity index (χ3n) is 4.94. The zero-order valence-electron chi connectivity index (χ0n) is 15.9. The Morgan fingerprint density at radius 2 is 2.00 bits per heavy atom. The molecule has 2 amide bonds. The first-order valence-corrected chi connectivity index (χ1v) is 9.03. The van der Waals surface area contributed by atoms with Crippen molar-refractivity contribution < 1.29 is 9.59 Å². The summed E-state index contributed by atoms with van der Waals surface area (Å²) in [5, 5.41) is 5.72. The topological polar surface area (TPSA) is 74.3 Å². The summed E-state index contributed by atoms with van der Waals surface area (Å²) in [7, 11) is 0. The minimum atomic E-state index is -0.622. The van der Waals surface area contributed by atoms with E-state index in [9.17, 15) is 9.59 Å². The van der Waals surface area contributed by atoms with E-state index in [0.29, 0.717) is 13.1 Å². The summed E-state index contributed by atoms with van der Waals surface area (Å²) < 4.78 is 0. The van der Waals surface area contributed by atoms with E-state index in [0.717, 1.165) is 24.5 Å². The largest absolute Gasteiger partial charge is 0.357 e. The molecule has 0 aromatic carbocycles. The van der Waals surface area contributed by atoms with E-state index >= 15 is 0 Å². The lowest BCUT2D eigenvalue weighted by molar-refractivity contribution is -0.135. The summed E-state index contributed by atoms with van der Waals surface area (Å²) in [5.41, 5.74) is 0.823. The molecule has 0 unspecified atom stereocenters. The highest BCUT2D eigenvalue weighted by molar-refractivity contribution is 6.02. The predicted octanol–water partition coefficient (Wildman–Crippen LogP) is 1.95. The molecule has 6 heteroatoms. The molecule has 0 radical (unpaired) electrons. The Labute approximate surface area is 150 Å². The van der Waals surface area contributed by atoms with Gasteiger partial charge in [0.2, 0.25) is 11.8 Å². The SMILES string of the molecule is CCN(CC)c1ccc(CNC(=O)[C@@H]2C(=O)NC[C@@H]2C(C)(C)C)cn1. The van der Waals surface area contributed by atoms with E-state index in [1.807, 2.05) is 12.1 Å². The Balaban J connectivity index is 1.98. The molecule has 2 N–H and O–H groups in total. The molecule has 1 aromatic heterocycles. The zero-order chi connectivity index (χ0) is 18.6. The third kappa shape index (κ3) is 4.50. The molecule has 1 aromatic rings. The van der Waals surface area contributed by atoms with E-state index in [1.54, 1.807) is 6.20 Å². The van der Waals surface area contributed by atoms with Gasteiger partial charge in [-0.15, -0.1) is 0 Å². The lowest BCUT2D eigenvalue weighted by Gasteiger charge is -2.29. The molecule has 6 nitrogen and oxygen atoms in total. The van der Waals surface area contributed by atoms with Crippen LogP contribution in [-0.4, -0.2) is 36.4 Å². The fourth-order valence-corrected chi connectivity index (χ4v) is 3.28. The van der Waals surface area contributed by atoms with Gasteiger partial charge in [-0.2, -0.15) is 0 Å². The first-order chi connectivity index (χ1) is 11.8. The number of amides is 2. The maximum Gasteiger partial charge on any atom is 0.233 e. The van der Waals surface area contributed by atoms with Crippen LogP contribution in [0.15, 0.2) is 18.3 Å². The maximum atomic E-state index is 12.6. The lowest BCUT2D eigenvalue weighted by atomic mass is 9.74. The van der Waals surface area contributed by atoms with Crippen LogP contribution in [0.1, 0.15) is 40.2 Å². The number of pyridine rings is 1. The molecule has 1 aliphatic heterocycles. The van der Waals surface area contributed by atoms with Gasteiger partial charge in [-0.1, -0.05) is 26.8 Å². The van der Waals surface area contributed by atoms with Gasteiger partial charge < -0.3 is 15.5 Å². The van der Waals surface area contributed by atoms with Crippen LogP contribution in [0.3, 0.4) is 0 Å². The molecule has 1 aliphatic rings. The van der Waals surface area contributed by atoms with Gasteiger partial charge >= 0.3 is 0 Å². The number of aromatic nitrogens is 1. The number of anilines is 1. The second-order valence-corrected chi connectivity index (χ2v) is 7.61. The first kappa shape index (κ1) is 19.2. The molecule has 25 heavy (non-hydrogen) atoms. The second-order valence-electron chi connectivity index (χ2n) is 7.61. The Morgan fingerprint density at radius 1 is 1.32 bits per heavy atom. The highest BCUT2D eigenvalue weighted by atomic mass is 16.2. The van der Waals surface area contributed by atoms with Crippen molar-refractivity contribution in [3.05, 3.63) is 23.9 Å². The van der Waals surface area contributed by atoms with Gasteiger partial charge in [0.15, 0.2) is 0 Å². The zero-order valence-corrected chi connectivity index (χ0v) is 15.9. The average Bonchev–Trinajstić information content (AvgIpc) is 2.97. The average molecular weight is 346 g/mol. The minimum Gasteiger partial charge on any atom is -0.357 e. The van der Waals surface area contributed by atoms with Crippen molar-refractivity contribution in [3.63, 3.8) is 0 Å². The van der Waals surface area contributed by atoms with E-state index in [2.05, 4.69) is 55.1 Å². The van der Waals surface area contributed by atoms with Crippen LogP contribution >= 0.6 is 0 Å². The summed E-state index contributed by atoms with van der Waals surface area (Å²) in [4.78, 5) is 31.3. The predicted molar refractivity (Wildman–Crippen MR) is 99.1 cm³/mol. The molecule has 0 bridgehead atoms. The standard InChI is InChI=1S/C19H30N4O2/c1-6-23(7-2)15-9-8-13(10-20-15)11-21-17(24)16-14(19(3,4)5)12-22-18(16)25/h8-10,14,16H,6-7,11-12H2,1-5H3,(H,21,24)(H,22,25)/t14-,16+/m0/s1. The molecule has 2 heterocycles. The van der Waals surface area contributed by atoms with Crippen LogP contribution in [0.25, 0.3) is 0 Å². The van der Waals surface area contributed by atoms with Crippen LogP contribution in [0.4, 0.5) is 5.82 Å². The van der Waals surface area contributed by atoms with Crippen molar-refractivity contribution in [1.82, 2.24) is 15.6 Å². The van der Waals surface area contributed by atoms with Crippen molar-refractivity contribution in [2.24, 2.45) is 17.3 Å². The Hall–Kier alpha value is -2.11. The maximum absolute atomic E-state index is 12.6. The summed E-state index contributed by atoms with van der Waals surface area (Å²) in [6, 6.07) is 3.94. The smallest absolute Gasteiger partial charge is 0.233 e. The van der Waals surface area contributed by atoms with Crippen LogP contribution in [-0.2, 0) is 16.1 Å². The van der Waals surface area contributed by atoms with Crippen molar-refractivity contribution in [3.8, 4) is 0 Å². The van der Waals surface area contributed by atoms with Gasteiger partial charge in [-0.25, -0.2) is 4.98 Å². The summed E-state index contributed by atoms with van der Waals surface area (Å²) in [5.74, 6) is -0.0655. The van der Waals surface area contributed by atoms with E-state index in [4.69, 9.17) is 0 Å². The quantitative estimate of drug-likeness (QED) is 0.772. The van der Waals surface area contributed by atoms with Crippen LogP contribution in [0.5, 0.6) is 0 Å². The van der Waals surface area contributed by atoms with Crippen LogP contribution in [0, 0.1) is 17.3 Å². The van der Waals surface area contributed by atoms with Crippen LogP contribution in [0.2, 0.25) is 0 Å². The number of hydrogen-bond acceptors (Lipinski definition) is 4. The molecule has 1 saturated heterocycles. The number of hydrogen-bond donors (Lipinski definition) is 2. The number of rotatable bonds is 6. The van der Waals surface area contributed by atoms with Gasteiger partial charge in [0, 0.05) is 38.3 Å². The van der Waals surface area contributed by atoms with E-state index < -0.39 is 5.92 Å². The molecule has 2 rings (SSSR count). The highest BCUT2D eigenvalue weighted by Gasteiger charge is 2.45. The van der Waals surface area contributed by atoms with E-state index in [-0.39, 0.29) is 23.1 Å². The second kappa shape index (κ2) is 7.85. The number of nitrogens with zero attached hydrogens (tertiary/aromatic N) is 2. The van der Waals surface area contributed by atoms with Crippen LogP contribution < -0.4 is 15.5 Å². The Morgan fingerprint density at radius 3 is 2.52 bits per heavy atom. The molecule has 138 valence electrons. The van der Waals surface area contributed by atoms with Crippen molar-refractivity contribution in [2.75, 3.05) is 24.5 Å². The molecule has 1 fully saturated rings. The molecular formula is C19H30N4O2. The van der Waals surface area contributed by atoms with E-state index in [1.165, 1.54) is 0 Å². The third-order valence-corrected chi connectivity index (χ3v) is 4.94. The fraction of sp³-hybridized carbons (Fsp3) is 0.632. The molecule has 0 spiro atoms. The summed E-state index contributed by atoms with van der Waals surface area (Å²) in [6.07, 6.45) is 1.78. The summed E-state index contributed by atoms with van der Waals surface area (Å²) in [6.45, 7) is 13.1. The number of carbonyl (C=O) groups excluding carboxylic acids is 2. The fourth-order valence-electron chi connectivity index (χ4n) is 3.28. The van der Waals surface area contributed by atoms with Crippen molar-refractivity contribution in [1.29, 1.82) is 0 Å². The molecular weight excluding hydrogens is 316 g/mol. The Kier molecular flexibility index (Phi) is 6.03. The van der Waals surface area contributed by atoms with Crippen molar-refractivity contribution in [2.45, 2.75) is 41.2 Å². The number of nitrogens with one attached hydrogen (secondary N) is 2. The molecule has 2 atom stereocenters. The van der Waals surface area contributed by atoms with Gasteiger partial charge in [0.1, 0.15) is 11.7 Å². The Bertz CT molecular complexity index is 603. The van der Waals surface area contributed by atoms with Gasteiger partial charge in [-0.3, -0.25) is 9.59 Å². The highest BCUT2D eigenvalue weighted by Crippen LogP contribution is 2.35. The monoisotopic (exact) mass is 346 g/mol. The number of carbonyl (C=O) groups is 2. The van der Waals surface area contributed by atoms with Crippen molar-refractivity contribution >= 4 is 17.6 Å². The van der Waals surface area contributed by atoms with Gasteiger partial charge in [-0.05, 0) is 30.9 Å². The lowest BCUT2D eigenvalue weighted by Crippen LogP contribution is -2.40.